The fourth-order valence-corrected chi connectivity index (χ4v) is 8.98. The highest BCUT2D eigenvalue weighted by Crippen LogP contribution is 2.34. The van der Waals surface area contributed by atoms with Crippen LogP contribution in [0.1, 0.15) is 0 Å². The number of benzene rings is 3. The molecule has 0 bridgehead atoms. The van der Waals surface area contributed by atoms with Crippen molar-refractivity contribution in [2.24, 2.45) is 7.05 Å². The van der Waals surface area contributed by atoms with Gasteiger partial charge in [-0.1, -0.05) is 61.1 Å². The minimum Gasteiger partial charge on any atom is -0.344 e. The molecule has 3 heteroatoms. The Labute approximate surface area is 147 Å². The molecule has 4 aromatic rings. The molecule has 1 unspecified atom stereocenters. The Morgan fingerprint density at radius 3 is 2.40 bits per heavy atom. The van der Waals surface area contributed by atoms with E-state index in [4.69, 9.17) is 0 Å². The SMILES string of the molecule is Cn1c2c(c3cc(F)ccc31)[Si](C)(c1ccccc1)c1ccccc1-2. The van der Waals surface area contributed by atoms with Gasteiger partial charge in [-0.2, -0.15) is 0 Å². The second-order valence-corrected chi connectivity index (χ2v) is 10.8. The third-order valence-corrected chi connectivity index (χ3v) is 10.2. The van der Waals surface area contributed by atoms with E-state index in [9.17, 15) is 4.39 Å². The first-order chi connectivity index (χ1) is 12.1. The van der Waals surface area contributed by atoms with Gasteiger partial charge >= 0.3 is 0 Å². The molecule has 122 valence electrons. The van der Waals surface area contributed by atoms with Crippen molar-refractivity contribution in [1.29, 1.82) is 0 Å². The molecule has 0 fully saturated rings. The predicted octanol–water partition coefficient (Wildman–Crippen LogP) is 3.40. The average Bonchev–Trinajstić information content (AvgIpc) is 3.09. The number of rotatable bonds is 1. The van der Waals surface area contributed by atoms with Gasteiger partial charge in [-0.15, -0.1) is 0 Å². The number of aromatic nitrogens is 1. The van der Waals surface area contributed by atoms with Crippen molar-refractivity contribution in [2.45, 2.75) is 6.55 Å². The third-order valence-electron chi connectivity index (χ3n) is 5.73. The Bertz CT molecular complexity index is 1130. The van der Waals surface area contributed by atoms with E-state index in [0.717, 1.165) is 10.9 Å². The van der Waals surface area contributed by atoms with Gasteiger partial charge in [0.15, 0.2) is 0 Å². The summed E-state index contributed by atoms with van der Waals surface area (Å²) in [5.41, 5.74) is 3.67. The molecule has 0 saturated heterocycles. The molecule has 1 aliphatic rings. The number of fused-ring (bicyclic) bond motifs is 5. The molecule has 0 radical (unpaired) electrons. The fourth-order valence-electron chi connectivity index (χ4n) is 4.57. The Morgan fingerprint density at radius 2 is 1.60 bits per heavy atom. The Kier molecular flexibility index (Phi) is 2.89. The predicted molar refractivity (Wildman–Crippen MR) is 105 cm³/mol. The van der Waals surface area contributed by atoms with Crippen molar-refractivity contribution < 1.29 is 4.39 Å². The lowest BCUT2D eigenvalue weighted by molar-refractivity contribution is 0.629. The molecule has 1 aliphatic heterocycles. The molecular weight excluding hydrogens is 325 g/mol. The standard InChI is InChI=1S/C22H18FNSi/c1-24-19-13-12-15(23)14-18(19)22-21(24)17-10-6-7-11-20(17)25(22,2)16-8-4-3-5-9-16/h3-14H,1-2H3. The molecule has 1 nitrogen and oxygen atoms in total. The molecule has 2 heterocycles. The topological polar surface area (TPSA) is 4.93 Å². The Morgan fingerprint density at radius 1 is 0.880 bits per heavy atom. The number of nitrogens with zero attached hydrogens (tertiary/aromatic N) is 1. The number of halogens is 1. The molecule has 0 amide bonds. The lowest BCUT2D eigenvalue weighted by Gasteiger charge is -2.25. The van der Waals surface area contributed by atoms with Gasteiger partial charge in [-0.25, -0.2) is 4.39 Å². The average molecular weight is 343 g/mol. The van der Waals surface area contributed by atoms with Crippen molar-refractivity contribution in [3.63, 3.8) is 0 Å². The monoisotopic (exact) mass is 343 g/mol. The second kappa shape index (κ2) is 4.93. The van der Waals surface area contributed by atoms with E-state index in [-0.39, 0.29) is 5.82 Å². The largest absolute Gasteiger partial charge is 0.344 e. The molecule has 1 aromatic heterocycles. The van der Waals surface area contributed by atoms with Gasteiger partial charge in [-0.3, -0.25) is 0 Å². The van der Waals surface area contributed by atoms with E-state index >= 15 is 0 Å². The number of hydrogen-bond donors (Lipinski definition) is 0. The highest BCUT2D eigenvalue weighted by molar-refractivity contribution is 7.14. The van der Waals surface area contributed by atoms with Crippen LogP contribution in [0.15, 0.2) is 72.8 Å². The molecule has 0 spiro atoms. The molecule has 0 aliphatic carbocycles. The van der Waals surface area contributed by atoms with E-state index in [1.54, 1.807) is 12.1 Å². The van der Waals surface area contributed by atoms with Crippen molar-refractivity contribution >= 4 is 34.5 Å². The van der Waals surface area contributed by atoms with E-state index in [1.807, 2.05) is 6.07 Å². The van der Waals surface area contributed by atoms with Crippen LogP contribution in [-0.4, -0.2) is 12.6 Å². The zero-order valence-corrected chi connectivity index (χ0v) is 15.3. The summed E-state index contributed by atoms with van der Waals surface area (Å²) < 4.78 is 16.3. The summed E-state index contributed by atoms with van der Waals surface area (Å²) in [5, 5.41) is 5.20. The quantitative estimate of drug-likeness (QED) is 0.467. The van der Waals surface area contributed by atoms with Gasteiger partial charge in [0.1, 0.15) is 13.9 Å². The van der Waals surface area contributed by atoms with Gasteiger partial charge in [-0.05, 0) is 39.3 Å². The summed E-state index contributed by atoms with van der Waals surface area (Å²) in [6, 6.07) is 24.6. The van der Waals surface area contributed by atoms with E-state index in [1.165, 1.54) is 26.8 Å². The minimum absolute atomic E-state index is 0.165. The van der Waals surface area contributed by atoms with Crippen LogP contribution in [0, 0.1) is 5.82 Å². The highest BCUT2D eigenvalue weighted by atomic mass is 28.3. The minimum atomic E-state index is -2.16. The van der Waals surface area contributed by atoms with E-state index in [2.05, 4.69) is 72.8 Å². The van der Waals surface area contributed by atoms with Crippen molar-refractivity contribution in [2.75, 3.05) is 0 Å². The maximum Gasteiger partial charge on any atom is 0.149 e. The normalized spacial score (nSPS) is 18.4. The summed E-state index contributed by atoms with van der Waals surface area (Å²) in [4.78, 5) is 0. The molecule has 5 rings (SSSR count). The van der Waals surface area contributed by atoms with Gasteiger partial charge in [0, 0.05) is 23.6 Å². The van der Waals surface area contributed by atoms with Gasteiger partial charge < -0.3 is 4.57 Å². The summed E-state index contributed by atoms with van der Waals surface area (Å²) in [6.45, 7) is 2.40. The van der Waals surface area contributed by atoms with Crippen LogP contribution in [0.25, 0.3) is 22.2 Å². The van der Waals surface area contributed by atoms with Gasteiger partial charge in [0.25, 0.3) is 0 Å². The molecule has 1 atom stereocenters. The zero-order valence-electron chi connectivity index (χ0n) is 14.3. The first kappa shape index (κ1) is 14.7. The van der Waals surface area contributed by atoms with Gasteiger partial charge in [0.2, 0.25) is 0 Å². The molecular formula is C22H18FNSi. The molecule has 0 N–H and O–H groups in total. The first-order valence-electron chi connectivity index (χ1n) is 8.56. The third kappa shape index (κ3) is 1.76. The highest BCUT2D eigenvalue weighted by Gasteiger charge is 2.46. The first-order valence-corrected chi connectivity index (χ1v) is 11.1. The van der Waals surface area contributed by atoms with Crippen LogP contribution in [0.5, 0.6) is 0 Å². The molecule has 0 saturated carbocycles. The Hall–Kier alpha value is -2.65. The Balaban J connectivity index is 2.00. The van der Waals surface area contributed by atoms with Crippen LogP contribution >= 0.6 is 0 Å². The summed E-state index contributed by atoms with van der Waals surface area (Å²) in [7, 11) is -0.0595. The van der Waals surface area contributed by atoms with E-state index in [0.29, 0.717) is 0 Å². The number of hydrogen-bond acceptors (Lipinski definition) is 0. The fraction of sp³-hybridized carbons (Fsp3) is 0.0909. The summed E-state index contributed by atoms with van der Waals surface area (Å²) in [5.74, 6) is -0.165. The maximum absolute atomic E-state index is 14.1. The number of aryl methyl sites for hydroxylation is 1. The van der Waals surface area contributed by atoms with Crippen LogP contribution in [0.3, 0.4) is 0 Å². The zero-order chi connectivity index (χ0) is 17.2. The molecule has 3 aromatic carbocycles. The molecule has 25 heavy (non-hydrogen) atoms. The second-order valence-electron chi connectivity index (χ2n) is 6.98. The van der Waals surface area contributed by atoms with Crippen LogP contribution in [0.2, 0.25) is 6.55 Å². The van der Waals surface area contributed by atoms with Crippen LogP contribution in [-0.2, 0) is 7.05 Å². The lowest BCUT2D eigenvalue weighted by Crippen LogP contribution is -2.62. The van der Waals surface area contributed by atoms with Crippen LogP contribution in [0.4, 0.5) is 4.39 Å². The smallest absolute Gasteiger partial charge is 0.149 e. The van der Waals surface area contributed by atoms with E-state index < -0.39 is 8.07 Å². The van der Waals surface area contributed by atoms with Crippen LogP contribution < -0.4 is 15.6 Å². The van der Waals surface area contributed by atoms with Crippen molar-refractivity contribution in [3.05, 3.63) is 78.6 Å². The lowest BCUT2D eigenvalue weighted by atomic mass is 10.1. The summed E-state index contributed by atoms with van der Waals surface area (Å²) >= 11 is 0. The van der Waals surface area contributed by atoms with Crippen molar-refractivity contribution in [3.8, 4) is 11.3 Å². The summed E-state index contributed by atoms with van der Waals surface area (Å²) in [6.07, 6.45) is 0. The van der Waals surface area contributed by atoms with Crippen molar-refractivity contribution in [1.82, 2.24) is 4.57 Å². The van der Waals surface area contributed by atoms with Gasteiger partial charge in [0.05, 0.1) is 0 Å². The maximum atomic E-state index is 14.1.